The quantitative estimate of drug-likeness (QED) is 0.447. The maximum Gasteiger partial charge on any atom is 0.234 e. The van der Waals surface area contributed by atoms with Crippen molar-refractivity contribution in [2.45, 2.75) is 48.1 Å². The molecule has 1 N–H and O–H groups in total. The molecule has 0 unspecified atom stereocenters. The number of hydrogen-bond acceptors (Lipinski definition) is 5. The Balaban J connectivity index is 1.77. The van der Waals surface area contributed by atoms with Gasteiger partial charge in [-0.25, -0.2) is 8.42 Å². The molecule has 29 heavy (non-hydrogen) atoms. The molecule has 0 amide bonds. The van der Waals surface area contributed by atoms with E-state index in [1.165, 1.54) is 6.42 Å². The van der Waals surface area contributed by atoms with Gasteiger partial charge in [0.1, 0.15) is 0 Å². The lowest BCUT2D eigenvalue weighted by atomic mass is 9.96. The van der Waals surface area contributed by atoms with Crippen molar-refractivity contribution in [1.29, 1.82) is 0 Å². The Kier molecular flexibility index (Phi) is 5.99. The molecule has 0 saturated heterocycles. The lowest BCUT2D eigenvalue weighted by molar-refractivity contribution is 0.450. The van der Waals surface area contributed by atoms with Crippen molar-refractivity contribution in [3.8, 4) is 11.5 Å². The van der Waals surface area contributed by atoms with Gasteiger partial charge in [-0.1, -0.05) is 46.8 Å². The fourth-order valence-electron chi connectivity index (χ4n) is 3.45. The third-order valence-electron chi connectivity index (χ3n) is 5.01. The molecule has 1 aliphatic rings. The van der Waals surface area contributed by atoms with Crippen LogP contribution in [-0.4, -0.2) is 19.4 Å². The van der Waals surface area contributed by atoms with Gasteiger partial charge in [-0.05, 0) is 61.4 Å². The summed E-state index contributed by atoms with van der Waals surface area (Å²) in [4.78, 5) is 4.54. The highest BCUT2D eigenvalue weighted by atomic mass is 79.9. The zero-order valence-corrected chi connectivity index (χ0v) is 18.7. The maximum atomic E-state index is 13.3. The van der Waals surface area contributed by atoms with Gasteiger partial charge < -0.3 is 9.73 Å². The number of rotatable bonds is 5. The first-order valence-corrected chi connectivity index (χ1v) is 12.1. The maximum absolute atomic E-state index is 13.3. The molecule has 5 nitrogen and oxygen atoms in total. The van der Waals surface area contributed by atoms with Gasteiger partial charge in [0.05, 0.1) is 4.90 Å². The second-order valence-electron chi connectivity index (χ2n) is 7.10. The summed E-state index contributed by atoms with van der Waals surface area (Å²) in [7, 11) is -3.85. The first-order valence-electron chi connectivity index (χ1n) is 9.47. The molecule has 8 heteroatoms. The number of oxazole rings is 1. The van der Waals surface area contributed by atoms with Crippen LogP contribution in [0, 0.1) is 0 Å². The monoisotopic (exact) mass is 494 g/mol. The zero-order chi connectivity index (χ0) is 20.4. The summed E-state index contributed by atoms with van der Waals surface area (Å²) in [5.41, 5.74) is 0.665. The van der Waals surface area contributed by atoms with Crippen LogP contribution in [-0.2, 0) is 9.84 Å². The lowest BCUT2D eigenvalue weighted by Crippen LogP contribution is -2.23. The number of hydrogen-bond donors (Lipinski definition) is 1. The normalized spacial score (nSPS) is 15.4. The minimum atomic E-state index is -3.85. The highest BCUT2D eigenvalue weighted by Crippen LogP contribution is 2.34. The van der Waals surface area contributed by atoms with E-state index >= 15 is 0 Å². The molecule has 2 aromatic carbocycles. The largest absolute Gasteiger partial charge is 0.419 e. The average molecular weight is 496 g/mol. The minimum Gasteiger partial charge on any atom is -0.419 e. The van der Waals surface area contributed by atoms with Gasteiger partial charge in [-0.3, -0.25) is 0 Å². The molecule has 0 spiro atoms. The van der Waals surface area contributed by atoms with Crippen molar-refractivity contribution in [1.82, 2.24) is 4.98 Å². The summed E-state index contributed by atoms with van der Waals surface area (Å²) in [6.45, 7) is 0. The molecule has 1 saturated carbocycles. The van der Waals surface area contributed by atoms with E-state index in [2.05, 4.69) is 26.2 Å². The van der Waals surface area contributed by atoms with Crippen LogP contribution in [0.4, 0.5) is 5.88 Å². The van der Waals surface area contributed by atoms with Gasteiger partial charge in [0.25, 0.3) is 0 Å². The molecule has 1 fully saturated rings. The van der Waals surface area contributed by atoms with E-state index in [4.69, 9.17) is 16.0 Å². The molecule has 0 radical (unpaired) electrons. The Hall–Kier alpha value is -1.83. The molecular weight excluding hydrogens is 476 g/mol. The summed E-state index contributed by atoms with van der Waals surface area (Å²) in [5, 5.41) is 3.79. The van der Waals surface area contributed by atoms with E-state index in [0.717, 1.165) is 30.2 Å². The molecule has 0 bridgehead atoms. The molecule has 1 heterocycles. The second-order valence-corrected chi connectivity index (χ2v) is 10.3. The summed E-state index contributed by atoms with van der Waals surface area (Å²) in [6, 6.07) is 13.6. The summed E-state index contributed by atoms with van der Waals surface area (Å²) in [5.74, 6) is 0.445. The lowest BCUT2D eigenvalue weighted by Gasteiger charge is -2.22. The van der Waals surface area contributed by atoms with Gasteiger partial charge in [0.2, 0.25) is 26.6 Å². The first-order chi connectivity index (χ1) is 13.9. The van der Waals surface area contributed by atoms with Crippen LogP contribution in [0.5, 0.6) is 0 Å². The number of nitrogens with zero attached hydrogens (tertiary/aromatic N) is 1. The smallest absolute Gasteiger partial charge is 0.234 e. The SMILES string of the molecule is O=S(=O)(c1ccc(Br)cc1)c1nc(-c2ccc(Cl)cc2)oc1NC1CCCCC1. The Morgan fingerprint density at radius 3 is 2.31 bits per heavy atom. The van der Waals surface area contributed by atoms with E-state index < -0.39 is 9.84 Å². The van der Waals surface area contributed by atoms with Crippen LogP contribution >= 0.6 is 27.5 Å². The van der Waals surface area contributed by atoms with Crippen molar-refractivity contribution >= 4 is 43.3 Å². The highest BCUT2D eigenvalue weighted by Gasteiger charge is 2.30. The number of sulfone groups is 1. The van der Waals surface area contributed by atoms with Crippen molar-refractivity contribution in [3.63, 3.8) is 0 Å². The average Bonchev–Trinajstić information content (AvgIpc) is 3.14. The van der Waals surface area contributed by atoms with Crippen molar-refractivity contribution < 1.29 is 12.8 Å². The predicted octanol–water partition coefficient (Wildman–Crippen LogP) is 6.33. The van der Waals surface area contributed by atoms with Gasteiger partial charge in [0, 0.05) is 21.1 Å². The fourth-order valence-corrected chi connectivity index (χ4v) is 5.11. The third kappa shape index (κ3) is 4.52. The minimum absolute atomic E-state index is 0.0876. The first kappa shape index (κ1) is 20.4. The van der Waals surface area contributed by atoms with Gasteiger partial charge >= 0.3 is 0 Å². The van der Waals surface area contributed by atoms with Gasteiger partial charge in [0.15, 0.2) is 0 Å². The number of halogens is 2. The Morgan fingerprint density at radius 1 is 1.00 bits per heavy atom. The molecule has 0 aliphatic heterocycles. The van der Waals surface area contributed by atoms with E-state index in [1.54, 1.807) is 48.5 Å². The summed E-state index contributed by atoms with van der Waals surface area (Å²) >= 11 is 9.30. The summed E-state index contributed by atoms with van der Waals surface area (Å²) < 4.78 is 33.3. The molecule has 152 valence electrons. The standard InChI is InChI=1S/C21H20BrClN2O3S/c22-15-8-12-18(13-9-15)29(26,27)21-20(24-17-4-2-1-3-5-17)28-19(25-21)14-6-10-16(23)11-7-14/h6-13,17,24H,1-5H2. The van der Waals surface area contributed by atoms with E-state index in [9.17, 15) is 8.42 Å². The van der Waals surface area contributed by atoms with Crippen LogP contribution in [0.1, 0.15) is 32.1 Å². The van der Waals surface area contributed by atoms with E-state index in [-0.39, 0.29) is 27.7 Å². The second kappa shape index (κ2) is 8.50. The Labute approximate surface area is 183 Å². The van der Waals surface area contributed by atoms with E-state index in [1.807, 2.05) is 0 Å². The van der Waals surface area contributed by atoms with Gasteiger partial charge in [-0.15, -0.1) is 0 Å². The molecule has 1 aromatic heterocycles. The predicted molar refractivity (Wildman–Crippen MR) is 117 cm³/mol. The fraction of sp³-hybridized carbons (Fsp3) is 0.286. The van der Waals surface area contributed by atoms with Crippen LogP contribution in [0.25, 0.3) is 11.5 Å². The van der Waals surface area contributed by atoms with Crippen molar-refractivity contribution in [2.75, 3.05) is 5.32 Å². The zero-order valence-electron chi connectivity index (χ0n) is 15.6. The Morgan fingerprint density at radius 2 is 1.66 bits per heavy atom. The number of nitrogens with one attached hydrogen (secondary N) is 1. The number of benzene rings is 2. The van der Waals surface area contributed by atoms with Crippen LogP contribution in [0.3, 0.4) is 0 Å². The molecule has 4 rings (SSSR count). The molecular formula is C21H20BrClN2O3S. The van der Waals surface area contributed by atoms with Crippen molar-refractivity contribution in [3.05, 3.63) is 58.0 Å². The Bertz CT molecular complexity index is 1090. The van der Waals surface area contributed by atoms with Crippen LogP contribution in [0.15, 0.2) is 67.3 Å². The summed E-state index contributed by atoms with van der Waals surface area (Å²) in [6.07, 6.45) is 5.40. The molecule has 0 atom stereocenters. The highest BCUT2D eigenvalue weighted by molar-refractivity contribution is 9.10. The molecule has 3 aromatic rings. The number of anilines is 1. The third-order valence-corrected chi connectivity index (χ3v) is 7.47. The van der Waals surface area contributed by atoms with Crippen LogP contribution < -0.4 is 5.32 Å². The number of aromatic nitrogens is 1. The van der Waals surface area contributed by atoms with Crippen molar-refractivity contribution in [2.24, 2.45) is 0 Å². The van der Waals surface area contributed by atoms with Gasteiger partial charge in [-0.2, -0.15) is 4.98 Å². The van der Waals surface area contributed by atoms with Crippen LogP contribution in [0.2, 0.25) is 5.02 Å². The molecule has 1 aliphatic carbocycles. The topological polar surface area (TPSA) is 72.2 Å². The van der Waals surface area contributed by atoms with E-state index in [0.29, 0.717) is 10.6 Å².